The van der Waals surface area contributed by atoms with Crippen molar-refractivity contribution in [2.75, 3.05) is 21.0 Å². The number of hydrogen-bond donors (Lipinski definition) is 1. The second-order valence-corrected chi connectivity index (χ2v) is 4.78. The second-order valence-electron chi connectivity index (χ2n) is 4.78. The first-order chi connectivity index (χ1) is 10.8. The summed E-state index contributed by atoms with van der Waals surface area (Å²) in [4.78, 5) is 4.33. The quantitative estimate of drug-likeness (QED) is 0.838. The van der Waals surface area contributed by atoms with E-state index < -0.39 is 0 Å². The molecular weight excluding hydrogens is 355 g/mol. The molecule has 1 aliphatic rings. The molecule has 0 atom stereocenters. The lowest BCUT2D eigenvalue weighted by atomic mass is 10.2. The molecule has 6 nitrogen and oxygen atoms in total. The second kappa shape index (κ2) is 9.42. The summed E-state index contributed by atoms with van der Waals surface area (Å²) >= 11 is 0. The minimum atomic E-state index is 0. The predicted octanol–water partition coefficient (Wildman–Crippen LogP) is 2.96. The van der Waals surface area contributed by atoms with Gasteiger partial charge in [-0.25, -0.2) is 0 Å². The Labute approximate surface area is 153 Å². The van der Waals surface area contributed by atoms with Crippen LogP contribution >= 0.6 is 24.8 Å². The summed E-state index contributed by atoms with van der Waals surface area (Å²) in [6.45, 7) is 1.56. The number of rotatable bonds is 6. The van der Waals surface area contributed by atoms with Gasteiger partial charge in [0.15, 0.2) is 23.0 Å². The lowest BCUT2D eigenvalue weighted by Gasteiger charge is -2.12. The van der Waals surface area contributed by atoms with Crippen LogP contribution in [0.25, 0.3) is 0 Å². The van der Waals surface area contributed by atoms with E-state index in [-0.39, 0.29) is 31.6 Å². The molecule has 1 N–H and O–H groups in total. The summed E-state index contributed by atoms with van der Waals surface area (Å²) in [5.41, 5.74) is 1.92. The number of hydrogen-bond acceptors (Lipinski definition) is 6. The third-order valence-corrected chi connectivity index (χ3v) is 3.42. The van der Waals surface area contributed by atoms with Gasteiger partial charge in [-0.05, 0) is 17.7 Å². The first-order valence-corrected chi connectivity index (χ1v) is 6.97. The van der Waals surface area contributed by atoms with E-state index in [1.807, 2.05) is 18.2 Å². The molecule has 0 saturated carbocycles. The molecule has 1 aromatic heterocycles. The van der Waals surface area contributed by atoms with Crippen molar-refractivity contribution >= 4 is 24.8 Å². The Morgan fingerprint density at radius 3 is 2.58 bits per heavy atom. The number of fused-ring (bicyclic) bond motifs is 1. The van der Waals surface area contributed by atoms with E-state index in [0.717, 1.165) is 22.8 Å². The minimum Gasteiger partial charge on any atom is -0.493 e. The highest BCUT2D eigenvalue weighted by Gasteiger charge is 2.14. The topological polar surface area (TPSA) is 61.8 Å². The van der Waals surface area contributed by atoms with Crippen LogP contribution < -0.4 is 24.3 Å². The number of methoxy groups -OCH3 is 2. The van der Waals surface area contributed by atoms with Gasteiger partial charge in [0.25, 0.3) is 0 Å². The van der Waals surface area contributed by atoms with E-state index in [0.29, 0.717) is 24.6 Å². The molecule has 2 aromatic rings. The van der Waals surface area contributed by atoms with Crippen molar-refractivity contribution in [3.05, 3.63) is 41.7 Å². The van der Waals surface area contributed by atoms with Crippen LogP contribution in [-0.2, 0) is 13.1 Å². The molecule has 0 radical (unpaired) electrons. The van der Waals surface area contributed by atoms with Gasteiger partial charge in [-0.15, -0.1) is 24.8 Å². The highest BCUT2D eigenvalue weighted by Crippen LogP contribution is 2.32. The molecule has 1 aliphatic heterocycles. The van der Waals surface area contributed by atoms with Gasteiger partial charge in [-0.2, -0.15) is 0 Å². The van der Waals surface area contributed by atoms with E-state index in [2.05, 4.69) is 10.3 Å². The van der Waals surface area contributed by atoms with Gasteiger partial charge >= 0.3 is 0 Å². The zero-order chi connectivity index (χ0) is 15.4. The summed E-state index contributed by atoms with van der Waals surface area (Å²) in [5, 5.41) is 3.34. The number of pyridine rings is 1. The van der Waals surface area contributed by atoms with Gasteiger partial charge in [0, 0.05) is 25.4 Å². The van der Waals surface area contributed by atoms with E-state index in [1.165, 1.54) is 0 Å². The van der Waals surface area contributed by atoms with E-state index >= 15 is 0 Å². The molecule has 0 amide bonds. The number of nitrogens with one attached hydrogen (secondary N) is 1. The Kier molecular flexibility index (Phi) is 7.91. The number of halogens is 2. The molecular formula is C16H20Cl2N2O4. The molecule has 8 heteroatoms. The lowest BCUT2D eigenvalue weighted by molar-refractivity contribution is 0.174. The smallest absolute Gasteiger partial charge is 0.231 e. The molecule has 2 heterocycles. The van der Waals surface area contributed by atoms with Crippen LogP contribution in [0.5, 0.6) is 23.0 Å². The average molecular weight is 375 g/mol. The van der Waals surface area contributed by atoms with Crippen LogP contribution in [0.2, 0.25) is 0 Å². The lowest BCUT2D eigenvalue weighted by Crippen LogP contribution is -2.14. The molecule has 0 bridgehead atoms. The molecule has 0 spiro atoms. The van der Waals surface area contributed by atoms with Crippen molar-refractivity contribution in [2.45, 2.75) is 13.1 Å². The zero-order valence-corrected chi connectivity index (χ0v) is 15.0. The maximum absolute atomic E-state index is 5.37. The number of nitrogens with zero attached hydrogens (tertiary/aromatic N) is 1. The molecule has 3 rings (SSSR count). The summed E-state index contributed by atoms with van der Waals surface area (Å²) < 4.78 is 21.3. The number of aromatic nitrogens is 1. The Balaban J connectivity index is 0.00000144. The van der Waals surface area contributed by atoms with E-state index in [1.54, 1.807) is 26.5 Å². The SMILES string of the molecule is COc1ccnc(CNCc2ccc3c(c2)OCO3)c1OC.Cl.Cl. The van der Waals surface area contributed by atoms with Crippen LogP contribution in [0.3, 0.4) is 0 Å². The normalized spacial score (nSPS) is 11.2. The van der Waals surface area contributed by atoms with Gasteiger partial charge < -0.3 is 24.3 Å². The van der Waals surface area contributed by atoms with Crippen molar-refractivity contribution in [2.24, 2.45) is 0 Å². The summed E-state index contributed by atoms with van der Waals surface area (Å²) in [6, 6.07) is 7.69. The molecule has 1 aromatic carbocycles. The van der Waals surface area contributed by atoms with Gasteiger partial charge in [-0.1, -0.05) is 6.07 Å². The van der Waals surface area contributed by atoms with Crippen molar-refractivity contribution in [1.82, 2.24) is 10.3 Å². The molecule has 0 unspecified atom stereocenters. The van der Waals surface area contributed by atoms with Crippen molar-refractivity contribution < 1.29 is 18.9 Å². The van der Waals surface area contributed by atoms with Crippen LogP contribution in [0.15, 0.2) is 30.5 Å². The van der Waals surface area contributed by atoms with Gasteiger partial charge in [0.1, 0.15) is 0 Å². The van der Waals surface area contributed by atoms with Crippen LogP contribution in [0.1, 0.15) is 11.3 Å². The maximum atomic E-state index is 5.37. The highest BCUT2D eigenvalue weighted by atomic mass is 35.5. The van der Waals surface area contributed by atoms with Gasteiger partial charge in [0.05, 0.1) is 19.9 Å². The van der Waals surface area contributed by atoms with Crippen molar-refractivity contribution in [3.63, 3.8) is 0 Å². The average Bonchev–Trinajstić information content (AvgIpc) is 3.02. The molecule has 132 valence electrons. The summed E-state index contributed by atoms with van der Waals surface area (Å²) in [7, 11) is 3.22. The summed E-state index contributed by atoms with van der Waals surface area (Å²) in [6.07, 6.45) is 1.71. The first-order valence-electron chi connectivity index (χ1n) is 6.97. The van der Waals surface area contributed by atoms with Crippen molar-refractivity contribution in [1.29, 1.82) is 0 Å². The third kappa shape index (κ3) is 4.35. The minimum absolute atomic E-state index is 0. The van der Waals surface area contributed by atoms with E-state index in [9.17, 15) is 0 Å². The first kappa shape index (κ1) is 20.2. The van der Waals surface area contributed by atoms with Crippen LogP contribution in [0.4, 0.5) is 0 Å². The van der Waals surface area contributed by atoms with Crippen LogP contribution in [0, 0.1) is 0 Å². The Hall–Kier alpha value is -1.89. The standard InChI is InChI=1S/C16H18N2O4.2ClH/c1-19-14-5-6-18-12(16(14)20-2)9-17-8-11-3-4-13-15(7-11)22-10-21-13;;/h3-7,17H,8-10H2,1-2H3;2*1H. The Morgan fingerprint density at radius 2 is 1.83 bits per heavy atom. The zero-order valence-electron chi connectivity index (χ0n) is 13.4. The van der Waals surface area contributed by atoms with Gasteiger partial charge in [0.2, 0.25) is 6.79 Å². The maximum Gasteiger partial charge on any atom is 0.231 e. The molecule has 0 aliphatic carbocycles. The highest BCUT2D eigenvalue weighted by molar-refractivity contribution is 5.85. The summed E-state index contributed by atoms with van der Waals surface area (Å²) in [5.74, 6) is 2.91. The fraction of sp³-hybridized carbons (Fsp3) is 0.312. The molecule has 0 saturated heterocycles. The molecule has 24 heavy (non-hydrogen) atoms. The fourth-order valence-corrected chi connectivity index (χ4v) is 2.35. The Bertz CT molecular complexity index is 671. The fourth-order valence-electron chi connectivity index (χ4n) is 2.35. The van der Waals surface area contributed by atoms with Crippen LogP contribution in [-0.4, -0.2) is 26.0 Å². The third-order valence-electron chi connectivity index (χ3n) is 3.42. The molecule has 0 fully saturated rings. The number of ether oxygens (including phenoxy) is 4. The van der Waals surface area contributed by atoms with E-state index in [4.69, 9.17) is 18.9 Å². The monoisotopic (exact) mass is 374 g/mol. The predicted molar refractivity (Wildman–Crippen MR) is 94.9 cm³/mol. The Morgan fingerprint density at radius 1 is 1.04 bits per heavy atom. The van der Waals surface area contributed by atoms with Gasteiger partial charge in [-0.3, -0.25) is 4.98 Å². The largest absolute Gasteiger partial charge is 0.493 e. The number of benzene rings is 1. The van der Waals surface area contributed by atoms with Crippen molar-refractivity contribution in [3.8, 4) is 23.0 Å².